The number of hydrogen-bond donors (Lipinski definition) is 1. The van der Waals surface area contributed by atoms with Gasteiger partial charge in [0.1, 0.15) is 17.7 Å². The molecular formula is C21H25ClN2O3S. The molecule has 1 aliphatic rings. The molecular weight excluding hydrogens is 396 g/mol. The van der Waals surface area contributed by atoms with Gasteiger partial charge in [-0.15, -0.1) is 22.9 Å². The van der Waals surface area contributed by atoms with Crippen molar-refractivity contribution in [2.75, 3.05) is 17.9 Å². The summed E-state index contributed by atoms with van der Waals surface area (Å²) < 4.78 is 5.21. The molecule has 3 rings (SSSR count). The summed E-state index contributed by atoms with van der Waals surface area (Å²) in [5.74, 6) is -0.000965. The average Bonchev–Trinajstić information content (AvgIpc) is 3.26. The second-order valence-electron chi connectivity index (χ2n) is 6.86. The number of amides is 2. The van der Waals surface area contributed by atoms with Crippen LogP contribution >= 0.6 is 22.9 Å². The fourth-order valence-corrected chi connectivity index (χ4v) is 4.53. The lowest BCUT2D eigenvalue weighted by atomic mass is 9.95. The third-order valence-corrected chi connectivity index (χ3v) is 6.16. The van der Waals surface area contributed by atoms with Crippen LogP contribution < -0.4 is 15.0 Å². The van der Waals surface area contributed by atoms with Crippen LogP contribution in [0.2, 0.25) is 0 Å². The van der Waals surface area contributed by atoms with E-state index in [-0.39, 0.29) is 23.7 Å². The van der Waals surface area contributed by atoms with Gasteiger partial charge in [0.15, 0.2) is 0 Å². The van der Waals surface area contributed by atoms with Gasteiger partial charge in [-0.25, -0.2) is 0 Å². The molecule has 1 aromatic carbocycles. The second-order valence-corrected chi connectivity index (χ2v) is 8.10. The molecule has 0 radical (unpaired) electrons. The first-order valence-electron chi connectivity index (χ1n) is 9.50. The summed E-state index contributed by atoms with van der Waals surface area (Å²) in [5.41, 5.74) is 0.614. The number of ether oxygens (including phenoxy) is 1. The Morgan fingerprint density at radius 2 is 1.93 bits per heavy atom. The van der Waals surface area contributed by atoms with E-state index in [0.29, 0.717) is 11.4 Å². The van der Waals surface area contributed by atoms with E-state index in [1.165, 1.54) is 22.7 Å². The summed E-state index contributed by atoms with van der Waals surface area (Å²) in [6.07, 6.45) is 5.42. The van der Waals surface area contributed by atoms with Crippen molar-refractivity contribution in [2.45, 2.75) is 44.2 Å². The van der Waals surface area contributed by atoms with E-state index in [9.17, 15) is 9.59 Å². The normalized spacial score (nSPS) is 15.6. The lowest BCUT2D eigenvalue weighted by Crippen LogP contribution is -2.47. The monoisotopic (exact) mass is 420 g/mol. The quantitative estimate of drug-likeness (QED) is 0.670. The number of rotatable bonds is 7. The molecule has 0 spiro atoms. The van der Waals surface area contributed by atoms with E-state index in [0.717, 1.165) is 30.6 Å². The molecule has 7 heteroatoms. The van der Waals surface area contributed by atoms with Crippen LogP contribution in [0.15, 0.2) is 41.8 Å². The highest BCUT2D eigenvalue weighted by atomic mass is 35.5. The Morgan fingerprint density at radius 1 is 1.21 bits per heavy atom. The molecule has 5 nitrogen and oxygen atoms in total. The van der Waals surface area contributed by atoms with Crippen LogP contribution in [0.1, 0.15) is 43.0 Å². The number of benzene rings is 1. The highest BCUT2D eigenvalue weighted by molar-refractivity contribution is 7.10. The first kappa shape index (κ1) is 20.7. The molecule has 0 saturated heterocycles. The lowest BCUT2D eigenvalue weighted by Gasteiger charge is -2.32. The van der Waals surface area contributed by atoms with Gasteiger partial charge in [-0.1, -0.05) is 25.3 Å². The number of thiophene rings is 1. The van der Waals surface area contributed by atoms with E-state index in [1.807, 2.05) is 17.5 Å². The van der Waals surface area contributed by atoms with Crippen molar-refractivity contribution in [3.8, 4) is 5.75 Å². The topological polar surface area (TPSA) is 58.6 Å². The molecule has 1 saturated carbocycles. The molecule has 1 aromatic heterocycles. The van der Waals surface area contributed by atoms with Gasteiger partial charge >= 0.3 is 0 Å². The Morgan fingerprint density at radius 3 is 2.50 bits per heavy atom. The van der Waals surface area contributed by atoms with E-state index in [4.69, 9.17) is 16.3 Å². The Labute approximate surface area is 174 Å². The molecule has 1 heterocycles. The van der Waals surface area contributed by atoms with Crippen LogP contribution in [0.4, 0.5) is 5.69 Å². The third-order valence-electron chi connectivity index (χ3n) is 5.00. The van der Waals surface area contributed by atoms with Gasteiger partial charge in [0.25, 0.3) is 0 Å². The van der Waals surface area contributed by atoms with Crippen molar-refractivity contribution in [1.82, 2.24) is 5.32 Å². The minimum Gasteiger partial charge on any atom is -0.497 e. The number of nitrogens with one attached hydrogen (secondary N) is 1. The zero-order valence-electron chi connectivity index (χ0n) is 15.9. The Kier molecular flexibility index (Phi) is 7.34. The van der Waals surface area contributed by atoms with Crippen LogP contribution in [-0.2, 0) is 9.59 Å². The van der Waals surface area contributed by atoms with Gasteiger partial charge in [0, 0.05) is 16.6 Å². The standard InChI is InChI=1S/C21H25ClN2O3S/c1-27-17-11-9-16(10-12-17)24(19(25)14-22)20(18-8-5-13-28-18)21(26)23-15-6-3-2-4-7-15/h5,8-13,15,20H,2-4,6-7,14H2,1H3,(H,23,26). The number of carbonyl (C=O) groups excluding carboxylic acids is 2. The molecule has 1 fully saturated rings. The summed E-state index contributed by atoms with van der Waals surface area (Å²) in [6, 6.07) is 10.3. The number of alkyl halides is 1. The highest BCUT2D eigenvalue weighted by Crippen LogP contribution is 2.32. The predicted octanol–water partition coefficient (Wildman–Crippen LogP) is 4.52. The van der Waals surface area contributed by atoms with Gasteiger partial charge in [-0.05, 0) is 48.6 Å². The molecule has 28 heavy (non-hydrogen) atoms. The van der Waals surface area contributed by atoms with Crippen molar-refractivity contribution in [3.05, 3.63) is 46.7 Å². The number of hydrogen-bond acceptors (Lipinski definition) is 4. The van der Waals surface area contributed by atoms with Gasteiger partial charge in [-0.3, -0.25) is 14.5 Å². The molecule has 1 aliphatic carbocycles. The van der Waals surface area contributed by atoms with Crippen LogP contribution in [0.3, 0.4) is 0 Å². The fourth-order valence-electron chi connectivity index (χ4n) is 3.59. The minimum absolute atomic E-state index is 0.160. The second kappa shape index (κ2) is 9.94. The first-order valence-corrected chi connectivity index (χ1v) is 10.9. The van der Waals surface area contributed by atoms with Gasteiger partial charge < -0.3 is 10.1 Å². The van der Waals surface area contributed by atoms with Gasteiger partial charge in [0.05, 0.1) is 7.11 Å². The molecule has 0 aliphatic heterocycles. The molecule has 1 atom stereocenters. The maximum atomic E-state index is 13.3. The van der Waals surface area contributed by atoms with Crippen molar-refractivity contribution in [3.63, 3.8) is 0 Å². The Hall–Kier alpha value is -2.05. The minimum atomic E-state index is -0.749. The molecule has 0 bridgehead atoms. The summed E-state index contributed by atoms with van der Waals surface area (Å²) in [5, 5.41) is 5.08. The smallest absolute Gasteiger partial charge is 0.248 e. The van der Waals surface area contributed by atoms with Crippen LogP contribution in [-0.4, -0.2) is 30.8 Å². The third kappa shape index (κ3) is 4.86. The Balaban J connectivity index is 1.94. The summed E-state index contributed by atoms with van der Waals surface area (Å²) in [6.45, 7) is 0. The lowest BCUT2D eigenvalue weighted by molar-refractivity contribution is -0.126. The molecule has 2 amide bonds. The number of carbonyl (C=O) groups is 2. The van der Waals surface area contributed by atoms with Crippen molar-refractivity contribution in [2.24, 2.45) is 0 Å². The van der Waals surface area contributed by atoms with Crippen LogP contribution in [0, 0.1) is 0 Å². The number of methoxy groups -OCH3 is 1. The highest BCUT2D eigenvalue weighted by Gasteiger charge is 2.34. The molecule has 2 aromatic rings. The van der Waals surface area contributed by atoms with E-state index in [2.05, 4.69) is 5.32 Å². The van der Waals surface area contributed by atoms with E-state index < -0.39 is 6.04 Å². The van der Waals surface area contributed by atoms with E-state index >= 15 is 0 Å². The zero-order valence-corrected chi connectivity index (χ0v) is 17.5. The number of anilines is 1. The van der Waals surface area contributed by atoms with Crippen molar-refractivity contribution < 1.29 is 14.3 Å². The largest absolute Gasteiger partial charge is 0.497 e. The van der Waals surface area contributed by atoms with Gasteiger partial charge in [-0.2, -0.15) is 0 Å². The van der Waals surface area contributed by atoms with Crippen LogP contribution in [0.5, 0.6) is 5.75 Å². The molecule has 1 N–H and O–H groups in total. The van der Waals surface area contributed by atoms with Gasteiger partial charge in [0.2, 0.25) is 11.8 Å². The summed E-state index contributed by atoms with van der Waals surface area (Å²) in [4.78, 5) is 28.4. The summed E-state index contributed by atoms with van der Waals surface area (Å²) in [7, 11) is 1.59. The Bertz CT molecular complexity index is 773. The fraction of sp³-hybridized carbons (Fsp3) is 0.429. The van der Waals surface area contributed by atoms with Crippen molar-refractivity contribution in [1.29, 1.82) is 0 Å². The number of halogens is 1. The van der Waals surface area contributed by atoms with Crippen molar-refractivity contribution >= 4 is 40.4 Å². The predicted molar refractivity (Wildman–Crippen MR) is 113 cm³/mol. The average molecular weight is 421 g/mol. The SMILES string of the molecule is COc1ccc(N(C(=O)CCl)C(C(=O)NC2CCCCC2)c2cccs2)cc1. The molecule has 150 valence electrons. The van der Waals surface area contributed by atoms with E-state index in [1.54, 1.807) is 31.4 Å². The number of nitrogens with zero attached hydrogens (tertiary/aromatic N) is 1. The maximum absolute atomic E-state index is 13.3. The van der Waals surface area contributed by atoms with Crippen LogP contribution in [0.25, 0.3) is 0 Å². The first-order chi connectivity index (χ1) is 13.6. The maximum Gasteiger partial charge on any atom is 0.248 e. The molecule has 1 unspecified atom stereocenters. The zero-order chi connectivity index (χ0) is 19.9. The summed E-state index contributed by atoms with van der Waals surface area (Å²) >= 11 is 7.37.